The molecule has 1 saturated heterocycles. The van der Waals surface area contributed by atoms with Gasteiger partial charge in [0.15, 0.2) is 0 Å². The molecule has 5 fully saturated rings. The summed E-state index contributed by atoms with van der Waals surface area (Å²) < 4.78 is 0. The van der Waals surface area contributed by atoms with Gasteiger partial charge in [-0.2, -0.15) is 0 Å². The van der Waals surface area contributed by atoms with Gasteiger partial charge >= 0.3 is 0 Å². The Hall–Kier alpha value is -2.14. The highest BCUT2D eigenvalue weighted by Gasteiger charge is 2.54. The third kappa shape index (κ3) is 3.68. The second-order valence-electron chi connectivity index (χ2n) is 10.7. The zero-order chi connectivity index (χ0) is 21.7. The van der Waals surface area contributed by atoms with Gasteiger partial charge in [-0.3, -0.25) is 9.59 Å². The van der Waals surface area contributed by atoms with Crippen LogP contribution in [0.3, 0.4) is 0 Å². The number of anilines is 1. The Bertz CT molecular complexity index is 962. The first-order valence-electron chi connectivity index (χ1n) is 12.3. The molecule has 5 aliphatic rings. The summed E-state index contributed by atoms with van der Waals surface area (Å²) in [5, 5.41) is 2.12. The lowest BCUT2D eigenvalue weighted by atomic mass is 9.52. The van der Waals surface area contributed by atoms with Gasteiger partial charge in [0.2, 0.25) is 11.8 Å². The summed E-state index contributed by atoms with van der Waals surface area (Å²) >= 11 is 1.76. The van der Waals surface area contributed by atoms with Crippen LogP contribution < -0.4 is 4.90 Å². The first-order valence-corrected chi connectivity index (χ1v) is 13.2. The van der Waals surface area contributed by atoms with E-state index >= 15 is 0 Å². The number of amides is 2. The van der Waals surface area contributed by atoms with E-state index in [-0.39, 0.29) is 17.4 Å². The Morgan fingerprint density at radius 3 is 2.28 bits per heavy atom. The van der Waals surface area contributed by atoms with Crippen molar-refractivity contribution in [3.05, 3.63) is 52.2 Å². The van der Waals surface area contributed by atoms with Crippen LogP contribution in [0.4, 0.5) is 5.69 Å². The van der Waals surface area contributed by atoms with Gasteiger partial charge in [0.1, 0.15) is 0 Å². The summed E-state index contributed by atoms with van der Waals surface area (Å²) in [6.45, 7) is 1.56. The molecule has 2 heterocycles. The number of rotatable bonds is 6. The molecule has 1 aromatic heterocycles. The van der Waals surface area contributed by atoms with E-state index in [2.05, 4.69) is 22.4 Å². The molecule has 4 saturated carbocycles. The predicted molar refractivity (Wildman–Crippen MR) is 128 cm³/mol. The first kappa shape index (κ1) is 20.5. The zero-order valence-corrected chi connectivity index (χ0v) is 19.5. The monoisotopic (exact) mass is 448 g/mol. The summed E-state index contributed by atoms with van der Waals surface area (Å²) in [7, 11) is 0. The van der Waals surface area contributed by atoms with Gasteiger partial charge in [-0.25, -0.2) is 0 Å². The Kier molecular flexibility index (Phi) is 5.13. The fourth-order valence-electron chi connectivity index (χ4n) is 7.46. The molecule has 5 heteroatoms. The Morgan fingerprint density at radius 1 is 1.03 bits per heavy atom. The van der Waals surface area contributed by atoms with Crippen LogP contribution >= 0.6 is 11.3 Å². The summed E-state index contributed by atoms with van der Waals surface area (Å²) in [5.41, 5.74) is 2.07. The average molecular weight is 449 g/mol. The van der Waals surface area contributed by atoms with Crippen LogP contribution in [0.5, 0.6) is 0 Å². The topological polar surface area (TPSA) is 40.6 Å². The minimum Gasteiger partial charge on any atom is -0.332 e. The van der Waals surface area contributed by atoms with Crippen LogP contribution in [0.25, 0.3) is 0 Å². The lowest BCUT2D eigenvalue weighted by molar-refractivity contribution is -0.151. The summed E-state index contributed by atoms with van der Waals surface area (Å²) in [4.78, 5) is 31.3. The smallest absolute Gasteiger partial charge is 0.227 e. The molecule has 4 bridgehead atoms. The third-order valence-electron chi connectivity index (χ3n) is 8.45. The molecule has 0 N–H and O–H groups in total. The normalized spacial score (nSPS) is 30.8. The quantitative estimate of drug-likeness (QED) is 0.592. The second kappa shape index (κ2) is 8.02. The number of carbonyl (C=O) groups excluding carboxylic acids is 2. The maximum absolute atomic E-state index is 13.8. The molecular weight excluding hydrogens is 416 g/mol. The summed E-state index contributed by atoms with van der Waals surface area (Å²) in [6, 6.07) is 12.4. The van der Waals surface area contributed by atoms with E-state index in [9.17, 15) is 9.59 Å². The Labute approximate surface area is 194 Å². The molecule has 0 unspecified atom stereocenters. The molecule has 0 radical (unpaired) electrons. The number of hydrogen-bond acceptors (Lipinski definition) is 3. The van der Waals surface area contributed by atoms with Crippen molar-refractivity contribution >= 4 is 28.8 Å². The van der Waals surface area contributed by atoms with Gasteiger partial charge in [-0.1, -0.05) is 18.2 Å². The van der Waals surface area contributed by atoms with Crippen molar-refractivity contribution < 1.29 is 9.59 Å². The van der Waals surface area contributed by atoms with Crippen LogP contribution in [0, 0.1) is 17.8 Å². The van der Waals surface area contributed by atoms with Crippen molar-refractivity contribution in [1.82, 2.24) is 4.90 Å². The highest BCUT2D eigenvalue weighted by Crippen LogP contribution is 2.58. The standard InChI is InChI=1S/C27H32N2O2S/c30-25-4-1-9-28(25)23-7-5-19(6-8-23)14-26(31)29(18-24-3-2-10-32-24)27-15-20-11-21(16-27)13-22(12-20)17-27/h2-3,5-8,10,20-22H,1,4,9,11-18H2. The lowest BCUT2D eigenvalue weighted by Crippen LogP contribution is -2.61. The zero-order valence-electron chi connectivity index (χ0n) is 18.7. The van der Waals surface area contributed by atoms with Crippen LogP contribution in [0.1, 0.15) is 61.8 Å². The number of hydrogen-bond donors (Lipinski definition) is 0. The highest BCUT2D eigenvalue weighted by atomic mass is 32.1. The lowest BCUT2D eigenvalue weighted by Gasteiger charge is -2.60. The van der Waals surface area contributed by atoms with Crippen molar-refractivity contribution in [1.29, 1.82) is 0 Å². The third-order valence-corrected chi connectivity index (χ3v) is 9.31. The van der Waals surface area contributed by atoms with Gasteiger partial charge in [0, 0.05) is 29.1 Å². The van der Waals surface area contributed by atoms with Gasteiger partial charge in [0.05, 0.1) is 13.0 Å². The van der Waals surface area contributed by atoms with E-state index in [0.717, 1.165) is 48.5 Å². The van der Waals surface area contributed by atoms with Crippen LogP contribution in [0.2, 0.25) is 0 Å². The molecule has 1 aromatic carbocycles. The maximum Gasteiger partial charge on any atom is 0.227 e. The SMILES string of the molecule is O=C1CCCN1c1ccc(CC(=O)N(Cc2cccs2)C23CC4CC(CC(C4)C2)C3)cc1. The molecule has 2 aromatic rings. The van der Waals surface area contributed by atoms with Gasteiger partial charge in [-0.05, 0) is 91.8 Å². The van der Waals surface area contributed by atoms with Crippen molar-refractivity contribution in [2.45, 2.75) is 69.9 Å². The molecule has 7 rings (SSSR count). The minimum atomic E-state index is 0.0672. The van der Waals surface area contributed by atoms with Gasteiger partial charge in [-0.15, -0.1) is 11.3 Å². The average Bonchev–Trinajstić information content (AvgIpc) is 3.43. The molecule has 4 aliphatic carbocycles. The van der Waals surface area contributed by atoms with Crippen molar-refractivity contribution in [3.63, 3.8) is 0 Å². The van der Waals surface area contributed by atoms with Crippen molar-refractivity contribution in [2.24, 2.45) is 17.8 Å². The van der Waals surface area contributed by atoms with E-state index in [1.54, 1.807) is 11.3 Å². The molecule has 2 amide bonds. The molecule has 0 spiro atoms. The Balaban J connectivity index is 1.23. The number of carbonyl (C=O) groups is 2. The van der Waals surface area contributed by atoms with Crippen LogP contribution in [-0.4, -0.2) is 28.8 Å². The van der Waals surface area contributed by atoms with E-state index in [4.69, 9.17) is 0 Å². The van der Waals surface area contributed by atoms with Crippen LogP contribution in [-0.2, 0) is 22.6 Å². The van der Waals surface area contributed by atoms with E-state index < -0.39 is 0 Å². The van der Waals surface area contributed by atoms with Crippen molar-refractivity contribution in [3.8, 4) is 0 Å². The number of nitrogens with zero attached hydrogens (tertiary/aromatic N) is 2. The molecule has 1 aliphatic heterocycles. The molecular formula is C27H32N2O2S. The Morgan fingerprint density at radius 2 is 1.72 bits per heavy atom. The maximum atomic E-state index is 13.8. The van der Waals surface area contributed by atoms with Crippen molar-refractivity contribution in [2.75, 3.05) is 11.4 Å². The van der Waals surface area contributed by atoms with Gasteiger partial charge < -0.3 is 9.80 Å². The summed E-state index contributed by atoms with van der Waals surface area (Å²) in [6.07, 6.45) is 9.78. The second-order valence-corrected chi connectivity index (χ2v) is 11.7. The number of benzene rings is 1. The molecule has 4 nitrogen and oxygen atoms in total. The van der Waals surface area contributed by atoms with E-state index in [1.165, 1.54) is 43.4 Å². The largest absolute Gasteiger partial charge is 0.332 e. The van der Waals surface area contributed by atoms with Crippen LogP contribution in [0.15, 0.2) is 41.8 Å². The summed E-state index contributed by atoms with van der Waals surface area (Å²) in [5.74, 6) is 2.93. The highest BCUT2D eigenvalue weighted by molar-refractivity contribution is 7.09. The molecule has 168 valence electrons. The van der Waals surface area contributed by atoms with E-state index in [1.807, 2.05) is 29.2 Å². The number of thiophene rings is 1. The predicted octanol–water partition coefficient (Wildman–Crippen LogP) is 5.42. The fourth-order valence-corrected chi connectivity index (χ4v) is 8.15. The first-order chi connectivity index (χ1) is 15.6. The fraction of sp³-hybridized carbons (Fsp3) is 0.556. The minimum absolute atomic E-state index is 0.0672. The van der Waals surface area contributed by atoms with E-state index in [0.29, 0.717) is 12.8 Å². The van der Waals surface area contributed by atoms with Gasteiger partial charge in [0.25, 0.3) is 0 Å². The molecule has 0 atom stereocenters. The molecule has 32 heavy (non-hydrogen) atoms.